The fraction of sp³-hybridized carbons (Fsp3) is 0.348. The molecule has 0 bridgehead atoms. The van der Waals surface area contributed by atoms with E-state index >= 15 is 0 Å². The van der Waals surface area contributed by atoms with Crippen molar-refractivity contribution in [1.29, 1.82) is 0 Å². The lowest BCUT2D eigenvalue weighted by Gasteiger charge is -2.11. The van der Waals surface area contributed by atoms with E-state index in [9.17, 15) is 4.79 Å². The quantitative estimate of drug-likeness (QED) is 0.646. The van der Waals surface area contributed by atoms with Crippen molar-refractivity contribution < 1.29 is 4.79 Å². The van der Waals surface area contributed by atoms with Crippen LogP contribution in [0.5, 0.6) is 0 Å². The van der Waals surface area contributed by atoms with Crippen LogP contribution in [0.25, 0.3) is 16.6 Å². The molecule has 3 rings (SSSR count). The Balaban J connectivity index is 1.93. The predicted molar refractivity (Wildman–Crippen MR) is 116 cm³/mol. The summed E-state index contributed by atoms with van der Waals surface area (Å²) in [6.45, 7) is 10.3. The number of imidazole rings is 1. The second-order valence-electron chi connectivity index (χ2n) is 7.48. The maximum absolute atomic E-state index is 12.9. The zero-order chi connectivity index (χ0) is 20.4. The summed E-state index contributed by atoms with van der Waals surface area (Å²) in [6, 6.07) is 9.74. The summed E-state index contributed by atoms with van der Waals surface area (Å²) in [4.78, 5) is 22.1. The van der Waals surface area contributed by atoms with Crippen molar-refractivity contribution in [2.45, 2.75) is 47.5 Å². The van der Waals surface area contributed by atoms with Gasteiger partial charge in [-0.3, -0.25) is 15.1 Å². The van der Waals surface area contributed by atoms with Crippen LogP contribution in [0.4, 0.5) is 5.95 Å². The molecule has 0 spiro atoms. The number of allylic oxidation sites excluding steroid dienone is 2. The molecule has 0 aliphatic rings. The van der Waals surface area contributed by atoms with Crippen molar-refractivity contribution >= 4 is 28.5 Å². The smallest absolute Gasteiger partial charge is 0.258 e. The van der Waals surface area contributed by atoms with Crippen LogP contribution in [-0.4, -0.2) is 20.4 Å². The van der Waals surface area contributed by atoms with Gasteiger partial charge in [0.1, 0.15) is 0 Å². The molecular formula is C23H28N4O. The average Bonchev–Trinajstić information content (AvgIpc) is 2.96. The van der Waals surface area contributed by atoms with E-state index in [4.69, 9.17) is 0 Å². The molecule has 0 aliphatic carbocycles. The Labute approximate surface area is 166 Å². The van der Waals surface area contributed by atoms with Crippen LogP contribution in [0.1, 0.15) is 60.9 Å². The van der Waals surface area contributed by atoms with Gasteiger partial charge in [-0.05, 0) is 69.5 Å². The van der Waals surface area contributed by atoms with Crippen molar-refractivity contribution in [1.82, 2.24) is 14.5 Å². The Morgan fingerprint density at radius 3 is 2.57 bits per heavy atom. The first-order chi connectivity index (χ1) is 13.3. The highest BCUT2D eigenvalue weighted by atomic mass is 16.1. The molecule has 0 saturated heterocycles. The second-order valence-corrected chi connectivity index (χ2v) is 7.48. The molecule has 0 aliphatic heterocycles. The van der Waals surface area contributed by atoms with Crippen LogP contribution in [0.2, 0.25) is 0 Å². The fourth-order valence-electron chi connectivity index (χ4n) is 3.36. The molecule has 0 unspecified atom stereocenters. The Hall–Kier alpha value is -2.95. The predicted octanol–water partition coefficient (Wildman–Crippen LogP) is 5.43. The summed E-state index contributed by atoms with van der Waals surface area (Å²) in [5.41, 5.74) is 7.74. The van der Waals surface area contributed by atoms with Crippen LogP contribution < -0.4 is 5.32 Å². The molecule has 2 aromatic heterocycles. The number of carbonyl (C=O) groups is 1. The van der Waals surface area contributed by atoms with Crippen molar-refractivity contribution in [3.05, 3.63) is 58.4 Å². The Morgan fingerprint density at radius 2 is 1.86 bits per heavy atom. The van der Waals surface area contributed by atoms with Crippen molar-refractivity contribution in [2.24, 2.45) is 7.05 Å². The number of aryl methyl sites for hydroxylation is 3. The summed E-state index contributed by atoms with van der Waals surface area (Å²) in [6.07, 6.45) is 2.12. The first-order valence-electron chi connectivity index (χ1n) is 9.70. The van der Waals surface area contributed by atoms with Crippen molar-refractivity contribution in [2.75, 3.05) is 5.32 Å². The van der Waals surface area contributed by atoms with Crippen LogP contribution in [0.3, 0.4) is 0 Å². The van der Waals surface area contributed by atoms with Gasteiger partial charge in [-0.2, -0.15) is 0 Å². The summed E-state index contributed by atoms with van der Waals surface area (Å²) >= 11 is 0. The van der Waals surface area contributed by atoms with Gasteiger partial charge in [0.25, 0.3) is 5.91 Å². The van der Waals surface area contributed by atoms with Gasteiger partial charge in [-0.25, -0.2) is 4.98 Å². The van der Waals surface area contributed by atoms with E-state index < -0.39 is 0 Å². The Kier molecular flexibility index (Phi) is 5.63. The van der Waals surface area contributed by atoms with Gasteiger partial charge in [0.2, 0.25) is 5.95 Å². The van der Waals surface area contributed by atoms with Crippen LogP contribution in [0.15, 0.2) is 35.9 Å². The van der Waals surface area contributed by atoms with Gasteiger partial charge in [0.05, 0.1) is 16.7 Å². The van der Waals surface area contributed by atoms with E-state index in [0.717, 1.165) is 46.4 Å². The number of nitrogens with one attached hydrogen (secondary N) is 1. The largest absolute Gasteiger partial charge is 0.313 e. The average molecular weight is 377 g/mol. The first-order valence-corrected chi connectivity index (χ1v) is 9.70. The van der Waals surface area contributed by atoms with E-state index in [0.29, 0.717) is 11.5 Å². The molecule has 0 fully saturated rings. The zero-order valence-electron chi connectivity index (χ0n) is 17.6. The number of nitrogens with zero attached hydrogens (tertiary/aromatic N) is 3. The lowest BCUT2D eigenvalue weighted by Crippen LogP contribution is -2.16. The molecule has 1 N–H and O–H groups in total. The van der Waals surface area contributed by atoms with Gasteiger partial charge in [-0.1, -0.05) is 25.0 Å². The van der Waals surface area contributed by atoms with E-state index in [1.54, 1.807) is 0 Å². The molecule has 0 saturated carbocycles. The monoisotopic (exact) mass is 376 g/mol. The van der Waals surface area contributed by atoms with Crippen LogP contribution >= 0.6 is 0 Å². The van der Waals surface area contributed by atoms with Gasteiger partial charge < -0.3 is 4.57 Å². The van der Waals surface area contributed by atoms with Gasteiger partial charge in [0, 0.05) is 18.3 Å². The third kappa shape index (κ3) is 3.98. The third-order valence-corrected chi connectivity index (χ3v) is 5.13. The third-order valence-electron chi connectivity index (χ3n) is 5.13. The number of fused-ring (bicyclic) bond motifs is 1. The molecule has 5 heteroatoms. The highest BCUT2D eigenvalue weighted by molar-refractivity contribution is 6.04. The molecular weight excluding hydrogens is 348 g/mol. The number of aromatic nitrogens is 3. The standard InChI is InChI=1S/C23H28N4O/c1-7-8-15(3)17(5)20-13-18(12-16(4)24-20)22(28)26-23-25-19-10-9-14(2)11-21(19)27(23)6/h9-13H,7-8H2,1-6H3,(H,25,26,28)/b17-15+. The number of pyridine rings is 1. The summed E-state index contributed by atoms with van der Waals surface area (Å²) in [7, 11) is 1.91. The summed E-state index contributed by atoms with van der Waals surface area (Å²) in [5.74, 6) is 0.360. The molecule has 3 aromatic rings. The molecule has 5 nitrogen and oxygen atoms in total. The minimum absolute atomic E-state index is 0.178. The normalized spacial score (nSPS) is 12.2. The van der Waals surface area contributed by atoms with Gasteiger partial charge in [-0.15, -0.1) is 0 Å². The minimum atomic E-state index is -0.178. The molecule has 1 aromatic carbocycles. The summed E-state index contributed by atoms with van der Waals surface area (Å²) in [5, 5.41) is 2.95. The zero-order valence-corrected chi connectivity index (χ0v) is 17.6. The second kappa shape index (κ2) is 7.97. The number of hydrogen-bond acceptors (Lipinski definition) is 3. The van der Waals surface area contributed by atoms with E-state index in [-0.39, 0.29) is 5.91 Å². The van der Waals surface area contributed by atoms with Gasteiger partial charge in [0.15, 0.2) is 0 Å². The van der Waals surface area contributed by atoms with Crippen molar-refractivity contribution in [3.63, 3.8) is 0 Å². The molecule has 0 radical (unpaired) electrons. The highest BCUT2D eigenvalue weighted by Gasteiger charge is 2.15. The highest BCUT2D eigenvalue weighted by Crippen LogP contribution is 2.23. The van der Waals surface area contributed by atoms with Crippen molar-refractivity contribution in [3.8, 4) is 0 Å². The number of hydrogen-bond donors (Lipinski definition) is 1. The van der Waals surface area contributed by atoms with Gasteiger partial charge >= 0.3 is 0 Å². The number of amides is 1. The molecule has 1 amide bonds. The number of rotatable bonds is 5. The fourth-order valence-corrected chi connectivity index (χ4v) is 3.36. The topological polar surface area (TPSA) is 59.8 Å². The Morgan fingerprint density at radius 1 is 1.11 bits per heavy atom. The lowest BCUT2D eigenvalue weighted by atomic mass is 10.0. The van der Waals surface area contributed by atoms with E-state index in [1.165, 1.54) is 5.57 Å². The van der Waals surface area contributed by atoms with Crippen LogP contribution in [-0.2, 0) is 7.05 Å². The SMILES string of the molecule is CCC/C(C)=C(\C)c1cc(C(=O)Nc2nc3ccc(C)cc3n2C)cc(C)n1. The molecule has 0 atom stereocenters. The van der Waals surface area contributed by atoms with E-state index in [1.807, 2.05) is 49.7 Å². The Bertz CT molecular complexity index is 1080. The minimum Gasteiger partial charge on any atom is -0.313 e. The molecule has 146 valence electrons. The maximum Gasteiger partial charge on any atom is 0.258 e. The van der Waals surface area contributed by atoms with Crippen LogP contribution in [0, 0.1) is 13.8 Å². The van der Waals surface area contributed by atoms with E-state index in [2.05, 4.69) is 42.1 Å². The number of anilines is 1. The maximum atomic E-state index is 12.9. The summed E-state index contributed by atoms with van der Waals surface area (Å²) < 4.78 is 1.91. The molecule has 28 heavy (non-hydrogen) atoms. The molecule has 2 heterocycles. The number of benzene rings is 1. The number of carbonyl (C=O) groups excluding carboxylic acids is 1. The lowest BCUT2D eigenvalue weighted by molar-refractivity contribution is 0.102. The first kappa shape index (κ1) is 19.8.